The highest BCUT2D eigenvalue weighted by Gasteiger charge is 2.28. The first-order valence-electron chi connectivity index (χ1n) is 6.07. The molecule has 0 aromatic rings. The van der Waals surface area contributed by atoms with E-state index >= 15 is 0 Å². The van der Waals surface area contributed by atoms with E-state index in [4.69, 9.17) is 9.47 Å². The summed E-state index contributed by atoms with van der Waals surface area (Å²) in [6, 6.07) is 0. The minimum absolute atomic E-state index is 0.0753. The molecule has 1 saturated carbocycles. The summed E-state index contributed by atoms with van der Waals surface area (Å²) in [5.41, 5.74) is 0. The number of ether oxygens (including phenoxy) is 2. The van der Waals surface area contributed by atoms with Gasteiger partial charge in [0.05, 0.1) is 6.61 Å². The first-order chi connectivity index (χ1) is 7.63. The molecule has 0 bridgehead atoms. The second kappa shape index (κ2) is 6.74. The van der Waals surface area contributed by atoms with Crippen LogP contribution in [0.1, 0.15) is 33.1 Å². The molecule has 3 atom stereocenters. The van der Waals surface area contributed by atoms with Crippen LogP contribution in [0.3, 0.4) is 0 Å². The van der Waals surface area contributed by atoms with Crippen LogP contribution in [0.4, 0.5) is 4.79 Å². The summed E-state index contributed by atoms with van der Waals surface area (Å²) >= 11 is 0. The number of alkyl carbamates (subject to hydrolysis) is 1. The van der Waals surface area contributed by atoms with Crippen molar-refractivity contribution in [3.05, 3.63) is 0 Å². The molecule has 0 unspecified atom stereocenters. The van der Waals surface area contributed by atoms with Crippen LogP contribution in [0.2, 0.25) is 0 Å². The fourth-order valence-electron chi connectivity index (χ4n) is 2.08. The number of carbonyl (C=O) groups excluding carboxylic acids is 1. The van der Waals surface area contributed by atoms with Gasteiger partial charge in [-0.2, -0.15) is 0 Å². The Morgan fingerprint density at radius 2 is 2.12 bits per heavy atom. The summed E-state index contributed by atoms with van der Waals surface area (Å²) in [4.78, 5) is 11.4. The summed E-state index contributed by atoms with van der Waals surface area (Å²) in [5, 5.41) is 2.68. The molecule has 1 aliphatic rings. The molecular weight excluding hydrogens is 206 g/mol. The minimum Gasteiger partial charge on any atom is -0.446 e. The largest absolute Gasteiger partial charge is 0.446 e. The molecule has 0 aromatic heterocycles. The summed E-state index contributed by atoms with van der Waals surface area (Å²) < 4.78 is 10.3. The van der Waals surface area contributed by atoms with Crippen molar-refractivity contribution in [1.82, 2.24) is 5.32 Å². The Labute approximate surface area is 97.7 Å². The highest BCUT2D eigenvalue weighted by molar-refractivity contribution is 5.67. The van der Waals surface area contributed by atoms with Gasteiger partial charge in [0.15, 0.2) is 0 Å². The molecular formula is C12H23NO3. The topological polar surface area (TPSA) is 47.6 Å². The van der Waals surface area contributed by atoms with Gasteiger partial charge in [0.2, 0.25) is 0 Å². The maximum atomic E-state index is 11.4. The lowest BCUT2D eigenvalue weighted by atomic mass is 9.82. The van der Waals surface area contributed by atoms with E-state index in [0.717, 1.165) is 12.8 Å². The predicted octanol–water partition coefficient (Wildman–Crippen LogP) is 2.18. The molecule has 1 amide bonds. The van der Waals surface area contributed by atoms with Crippen LogP contribution >= 0.6 is 0 Å². The Kier molecular flexibility index (Phi) is 5.60. The number of nitrogens with one attached hydrogen (secondary N) is 1. The lowest BCUT2D eigenvalue weighted by Gasteiger charge is -2.32. The molecule has 0 aliphatic heterocycles. The third kappa shape index (κ3) is 4.39. The lowest BCUT2D eigenvalue weighted by molar-refractivity contribution is 0.0282. The molecule has 0 aromatic carbocycles. The molecule has 1 rings (SSSR count). The average Bonchev–Trinajstić information content (AvgIpc) is 2.24. The van der Waals surface area contributed by atoms with Crippen molar-refractivity contribution in [2.75, 3.05) is 20.3 Å². The zero-order valence-corrected chi connectivity index (χ0v) is 10.5. The van der Waals surface area contributed by atoms with Crippen LogP contribution in [0.5, 0.6) is 0 Å². The summed E-state index contributed by atoms with van der Waals surface area (Å²) in [5.74, 6) is 1.14. The van der Waals surface area contributed by atoms with Crippen molar-refractivity contribution >= 4 is 6.09 Å². The van der Waals surface area contributed by atoms with Gasteiger partial charge in [-0.25, -0.2) is 4.79 Å². The van der Waals surface area contributed by atoms with E-state index in [1.54, 1.807) is 7.11 Å². The normalized spacial score (nSPS) is 29.8. The molecule has 4 nitrogen and oxygen atoms in total. The van der Waals surface area contributed by atoms with Crippen molar-refractivity contribution in [1.29, 1.82) is 0 Å². The second-order valence-corrected chi connectivity index (χ2v) is 4.76. The quantitative estimate of drug-likeness (QED) is 0.752. The zero-order valence-electron chi connectivity index (χ0n) is 10.5. The van der Waals surface area contributed by atoms with Crippen molar-refractivity contribution < 1.29 is 14.3 Å². The average molecular weight is 229 g/mol. The molecule has 16 heavy (non-hydrogen) atoms. The van der Waals surface area contributed by atoms with Gasteiger partial charge in [0.1, 0.15) is 6.10 Å². The SMILES string of the molecule is COCCNC(=O)O[C@@H]1C[C@H](C)CC[C@H]1C. The molecule has 0 heterocycles. The standard InChI is InChI=1S/C12H23NO3/c1-9-4-5-10(2)11(8-9)16-12(14)13-6-7-15-3/h9-11H,4-8H2,1-3H3,(H,13,14)/t9-,10-,11-/m1/s1. The molecule has 1 fully saturated rings. The summed E-state index contributed by atoms with van der Waals surface area (Å²) in [6.07, 6.45) is 3.14. The van der Waals surface area contributed by atoms with E-state index in [2.05, 4.69) is 19.2 Å². The minimum atomic E-state index is -0.317. The van der Waals surface area contributed by atoms with Gasteiger partial charge < -0.3 is 14.8 Å². The van der Waals surface area contributed by atoms with E-state index in [1.165, 1.54) is 6.42 Å². The van der Waals surface area contributed by atoms with Gasteiger partial charge in [-0.05, 0) is 24.7 Å². The van der Waals surface area contributed by atoms with Crippen LogP contribution in [-0.4, -0.2) is 32.5 Å². The fourth-order valence-corrected chi connectivity index (χ4v) is 2.08. The van der Waals surface area contributed by atoms with E-state index in [1.807, 2.05) is 0 Å². The number of hydrogen-bond acceptors (Lipinski definition) is 3. The van der Waals surface area contributed by atoms with Crippen molar-refractivity contribution in [3.8, 4) is 0 Å². The Bertz CT molecular complexity index is 220. The first-order valence-corrected chi connectivity index (χ1v) is 6.07. The van der Waals surface area contributed by atoms with Crippen LogP contribution in [0.15, 0.2) is 0 Å². The Balaban J connectivity index is 2.25. The van der Waals surface area contributed by atoms with Crippen molar-refractivity contribution in [2.24, 2.45) is 11.8 Å². The van der Waals surface area contributed by atoms with Gasteiger partial charge in [0.25, 0.3) is 0 Å². The molecule has 0 saturated heterocycles. The van der Waals surface area contributed by atoms with E-state index < -0.39 is 0 Å². The molecule has 4 heteroatoms. The number of carbonyl (C=O) groups is 1. The van der Waals surface area contributed by atoms with Crippen LogP contribution in [0, 0.1) is 11.8 Å². The number of methoxy groups -OCH3 is 1. The van der Waals surface area contributed by atoms with Gasteiger partial charge in [0, 0.05) is 13.7 Å². The van der Waals surface area contributed by atoms with Gasteiger partial charge in [-0.1, -0.05) is 20.3 Å². The van der Waals surface area contributed by atoms with E-state index in [0.29, 0.717) is 25.0 Å². The monoisotopic (exact) mass is 229 g/mol. The van der Waals surface area contributed by atoms with Crippen molar-refractivity contribution in [3.63, 3.8) is 0 Å². The van der Waals surface area contributed by atoms with Gasteiger partial charge in [-0.3, -0.25) is 0 Å². The number of amides is 1. The van der Waals surface area contributed by atoms with Gasteiger partial charge in [-0.15, -0.1) is 0 Å². The number of rotatable bonds is 4. The Hall–Kier alpha value is -0.770. The molecule has 1 aliphatic carbocycles. The molecule has 0 spiro atoms. The lowest BCUT2D eigenvalue weighted by Crippen LogP contribution is -2.36. The Morgan fingerprint density at radius 1 is 1.38 bits per heavy atom. The van der Waals surface area contributed by atoms with Crippen LogP contribution < -0.4 is 5.32 Å². The fraction of sp³-hybridized carbons (Fsp3) is 0.917. The number of hydrogen-bond donors (Lipinski definition) is 1. The van der Waals surface area contributed by atoms with Crippen molar-refractivity contribution in [2.45, 2.75) is 39.2 Å². The Morgan fingerprint density at radius 3 is 2.81 bits per heavy atom. The van der Waals surface area contributed by atoms with Crippen LogP contribution in [0.25, 0.3) is 0 Å². The summed E-state index contributed by atoms with van der Waals surface area (Å²) in [7, 11) is 1.61. The summed E-state index contributed by atoms with van der Waals surface area (Å²) in [6.45, 7) is 5.39. The van der Waals surface area contributed by atoms with E-state index in [-0.39, 0.29) is 12.2 Å². The third-order valence-electron chi connectivity index (χ3n) is 3.22. The third-order valence-corrected chi connectivity index (χ3v) is 3.22. The highest BCUT2D eigenvalue weighted by atomic mass is 16.6. The maximum Gasteiger partial charge on any atom is 0.407 e. The second-order valence-electron chi connectivity index (χ2n) is 4.76. The van der Waals surface area contributed by atoms with E-state index in [9.17, 15) is 4.79 Å². The van der Waals surface area contributed by atoms with Crippen LogP contribution in [-0.2, 0) is 9.47 Å². The molecule has 0 radical (unpaired) electrons. The zero-order chi connectivity index (χ0) is 12.0. The molecule has 94 valence electrons. The first kappa shape index (κ1) is 13.3. The predicted molar refractivity (Wildman–Crippen MR) is 62.3 cm³/mol. The molecule has 1 N–H and O–H groups in total. The highest BCUT2D eigenvalue weighted by Crippen LogP contribution is 2.30. The smallest absolute Gasteiger partial charge is 0.407 e. The van der Waals surface area contributed by atoms with Gasteiger partial charge >= 0.3 is 6.09 Å². The maximum absolute atomic E-state index is 11.4.